The Kier molecular flexibility index (Phi) is 13.7. The molecule has 0 bridgehead atoms. The Morgan fingerprint density at radius 3 is 2.05 bits per heavy atom. The highest BCUT2D eigenvalue weighted by Gasteiger charge is 2.37. The average Bonchev–Trinajstić information content (AvgIpc) is 2.92. The molecule has 2 N–H and O–H groups in total. The molecule has 41 heavy (non-hydrogen) atoms. The molecule has 2 atom stereocenters. The SMILES string of the molecule is CCCCCCCCN(C(=O)C(NC(=O)OC(C)(C)C)C(C)C)C(C(=O)Nc1ccc(OC)cc1)c1ccccc1. The molecular formula is C33H49N3O5. The van der Waals surface area contributed by atoms with Crippen LogP contribution in [0.4, 0.5) is 10.5 Å². The molecule has 0 heterocycles. The molecule has 2 unspecified atom stereocenters. The van der Waals surface area contributed by atoms with Crippen molar-refractivity contribution in [1.82, 2.24) is 10.2 Å². The van der Waals surface area contributed by atoms with Gasteiger partial charge in [0.2, 0.25) is 5.91 Å². The smallest absolute Gasteiger partial charge is 0.408 e. The van der Waals surface area contributed by atoms with Crippen LogP contribution in [0.25, 0.3) is 0 Å². The number of carbonyl (C=O) groups is 3. The van der Waals surface area contributed by atoms with Gasteiger partial charge in [0.25, 0.3) is 5.91 Å². The molecule has 2 aromatic carbocycles. The van der Waals surface area contributed by atoms with E-state index in [1.807, 2.05) is 44.2 Å². The van der Waals surface area contributed by atoms with E-state index in [1.165, 1.54) is 6.42 Å². The minimum Gasteiger partial charge on any atom is -0.497 e. The number of ether oxygens (including phenoxy) is 2. The van der Waals surface area contributed by atoms with Crippen LogP contribution in [0.5, 0.6) is 5.75 Å². The number of nitrogens with zero attached hydrogens (tertiary/aromatic N) is 1. The predicted octanol–water partition coefficient (Wildman–Crippen LogP) is 7.11. The molecule has 2 aromatic rings. The summed E-state index contributed by atoms with van der Waals surface area (Å²) in [6, 6.07) is 14.6. The average molecular weight is 568 g/mol. The van der Waals surface area contributed by atoms with E-state index in [4.69, 9.17) is 9.47 Å². The van der Waals surface area contributed by atoms with Gasteiger partial charge >= 0.3 is 6.09 Å². The largest absolute Gasteiger partial charge is 0.497 e. The van der Waals surface area contributed by atoms with E-state index >= 15 is 0 Å². The summed E-state index contributed by atoms with van der Waals surface area (Å²) in [5, 5.41) is 5.77. The van der Waals surface area contributed by atoms with Crippen molar-refractivity contribution in [2.24, 2.45) is 5.92 Å². The summed E-state index contributed by atoms with van der Waals surface area (Å²) in [7, 11) is 1.58. The summed E-state index contributed by atoms with van der Waals surface area (Å²) < 4.78 is 10.7. The summed E-state index contributed by atoms with van der Waals surface area (Å²) >= 11 is 0. The van der Waals surface area contributed by atoms with Gasteiger partial charge in [0.05, 0.1) is 7.11 Å². The first-order chi connectivity index (χ1) is 19.5. The Morgan fingerprint density at radius 2 is 1.49 bits per heavy atom. The third kappa shape index (κ3) is 11.5. The molecule has 8 heteroatoms. The van der Waals surface area contributed by atoms with E-state index in [0.717, 1.165) is 32.1 Å². The Balaban J connectivity index is 2.43. The van der Waals surface area contributed by atoms with E-state index < -0.39 is 23.8 Å². The molecule has 0 aliphatic carbocycles. The third-order valence-corrected chi connectivity index (χ3v) is 6.67. The molecule has 3 amide bonds. The molecule has 0 aliphatic rings. The van der Waals surface area contributed by atoms with Gasteiger partial charge in [-0.1, -0.05) is 83.2 Å². The Bertz CT molecular complexity index is 1080. The predicted molar refractivity (Wildman–Crippen MR) is 164 cm³/mol. The normalized spacial score (nSPS) is 12.8. The Morgan fingerprint density at radius 1 is 0.878 bits per heavy atom. The van der Waals surface area contributed by atoms with Gasteiger partial charge in [0, 0.05) is 12.2 Å². The van der Waals surface area contributed by atoms with Crippen molar-refractivity contribution in [1.29, 1.82) is 0 Å². The van der Waals surface area contributed by atoms with Crippen molar-refractivity contribution < 1.29 is 23.9 Å². The van der Waals surface area contributed by atoms with E-state index in [1.54, 1.807) is 57.0 Å². The highest BCUT2D eigenvalue weighted by Crippen LogP contribution is 2.27. The van der Waals surface area contributed by atoms with Gasteiger partial charge in [-0.05, 0) is 62.9 Å². The molecule has 0 aromatic heterocycles. The lowest BCUT2D eigenvalue weighted by Gasteiger charge is -2.35. The number of carbonyl (C=O) groups excluding carboxylic acids is 3. The van der Waals surface area contributed by atoms with Gasteiger partial charge in [-0.25, -0.2) is 4.79 Å². The van der Waals surface area contributed by atoms with Crippen LogP contribution in [0.1, 0.15) is 91.7 Å². The summed E-state index contributed by atoms with van der Waals surface area (Å²) in [5.41, 5.74) is 0.575. The third-order valence-electron chi connectivity index (χ3n) is 6.67. The van der Waals surface area contributed by atoms with E-state index in [-0.39, 0.29) is 17.7 Å². The van der Waals surface area contributed by atoms with E-state index in [0.29, 0.717) is 23.5 Å². The first-order valence-corrected chi connectivity index (χ1v) is 14.8. The maximum atomic E-state index is 14.3. The highest BCUT2D eigenvalue weighted by molar-refractivity contribution is 5.99. The zero-order chi connectivity index (χ0) is 30.4. The fourth-order valence-electron chi connectivity index (χ4n) is 4.55. The lowest BCUT2D eigenvalue weighted by atomic mass is 9.98. The van der Waals surface area contributed by atoms with Gasteiger partial charge in [-0.2, -0.15) is 0 Å². The van der Waals surface area contributed by atoms with Crippen LogP contribution >= 0.6 is 0 Å². The number of benzene rings is 2. The number of methoxy groups -OCH3 is 1. The zero-order valence-corrected chi connectivity index (χ0v) is 25.9. The lowest BCUT2D eigenvalue weighted by Crippen LogP contribution is -2.54. The molecule has 0 saturated heterocycles. The summed E-state index contributed by atoms with van der Waals surface area (Å²) in [5.74, 6) is -0.211. The number of hydrogen-bond donors (Lipinski definition) is 2. The summed E-state index contributed by atoms with van der Waals surface area (Å²) in [4.78, 5) is 42.6. The lowest BCUT2D eigenvalue weighted by molar-refractivity contribution is -0.141. The second-order valence-electron chi connectivity index (χ2n) is 11.7. The van der Waals surface area contributed by atoms with Crippen molar-refractivity contribution in [3.8, 4) is 5.75 Å². The van der Waals surface area contributed by atoms with Crippen LogP contribution in [0.2, 0.25) is 0 Å². The summed E-state index contributed by atoms with van der Waals surface area (Å²) in [6.45, 7) is 11.6. The van der Waals surface area contributed by atoms with Crippen LogP contribution in [0.3, 0.4) is 0 Å². The molecule has 226 valence electrons. The number of nitrogens with one attached hydrogen (secondary N) is 2. The minimum atomic E-state index is -0.900. The second kappa shape index (κ2) is 16.7. The van der Waals surface area contributed by atoms with E-state index in [9.17, 15) is 14.4 Å². The van der Waals surface area contributed by atoms with Gasteiger partial charge in [0.1, 0.15) is 23.4 Å². The number of rotatable bonds is 15. The van der Waals surface area contributed by atoms with Crippen molar-refractivity contribution in [2.45, 2.75) is 97.8 Å². The topological polar surface area (TPSA) is 97.0 Å². The summed E-state index contributed by atoms with van der Waals surface area (Å²) in [6.07, 6.45) is 5.55. The fraction of sp³-hybridized carbons (Fsp3) is 0.545. The molecule has 2 rings (SSSR count). The molecule has 8 nitrogen and oxygen atoms in total. The molecule has 0 spiro atoms. The second-order valence-corrected chi connectivity index (χ2v) is 11.7. The number of hydrogen-bond acceptors (Lipinski definition) is 5. The minimum absolute atomic E-state index is 0.233. The van der Waals surface area contributed by atoms with Gasteiger partial charge in [-0.3, -0.25) is 9.59 Å². The first-order valence-electron chi connectivity index (χ1n) is 14.8. The fourth-order valence-corrected chi connectivity index (χ4v) is 4.55. The standard InChI is InChI=1S/C33H49N3O5/c1-8-9-10-11-12-16-23-36(31(38)28(24(2)3)35-32(39)41-33(4,5)6)29(25-17-14-13-15-18-25)30(37)34-26-19-21-27(40-7)22-20-26/h13-15,17-22,24,28-29H,8-12,16,23H2,1-7H3,(H,34,37)(H,35,39). The van der Waals surface area contributed by atoms with Crippen LogP contribution < -0.4 is 15.4 Å². The maximum absolute atomic E-state index is 14.3. The first kappa shape index (κ1) is 33.7. The van der Waals surface area contributed by atoms with Crippen LogP contribution in [-0.4, -0.2) is 48.1 Å². The monoisotopic (exact) mass is 567 g/mol. The Hall–Kier alpha value is -3.55. The van der Waals surface area contributed by atoms with Gasteiger partial charge < -0.3 is 25.0 Å². The zero-order valence-electron chi connectivity index (χ0n) is 25.9. The number of unbranched alkanes of at least 4 members (excludes halogenated alkanes) is 5. The van der Waals surface area contributed by atoms with Crippen molar-refractivity contribution in [3.63, 3.8) is 0 Å². The molecule has 0 fully saturated rings. The van der Waals surface area contributed by atoms with Crippen molar-refractivity contribution in [2.75, 3.05) is 19.0 Å². The number of amides is 3. The number of anilines is 1. The van der Waals surface area contributed by atoms with Crippen molar-refractivity contribution >= 4 is 23.6 Å². The molecular weight excluding hydrogens is 518 g/mol. The highest BCUT2D eigenvalue weighted by atomic mass is 16.6. The molecule has 0 aliphatic heterocycles. The van der Waals surface area contributed by atoms with Crippen LogP contribution in [0, 0.1) is 5.92 Å². The van der Waals surface area contributed by atoms with E-state index in [2.05, 4.69) is 17.6 Å². The number of alkyl carbamates (subject to hydrolysis) is 1. The molecule has 0 saturated carbocycles. The molecule has 0 radical (unpaired) electrons. The van der Waals surface area contributed by atoms with Crippen LogP contribution in [-0.2, 0) is 14.3 Å². The van der Waals surface area contributed by atoms with Crippen molar-refractivity contribution in [3.05, 3.63) is 60.2 Å². The maximum Gasteiger partial charge on any atom is 0.408 e. The quantitative estimate of drug-likeness (QED) is 0.224. The van der Waals surface area contributed by atoms with Gasteiger partial charge in [0.15, 0.2) is 0 Å². The van der Waals surface area contributed by atoms with Crippen LogP contribution in [0.15, 0.2) is 54.6 Å². The van der Waals surface area contributed by atoms with Gasteiger partial charge in [-0.15, -0.1) is 0 Å². The Labute approximate surface area is 246 Å².